The quantitative estimate of drug-likeness (QED) is 0.707. The summed E-state index contributed by atoms with van der Waals surface area (Å²) in [6, 6.07) is 5.22. The minimum atomic E-state index is -0.493. The van der Waals surface area contributed by atoms with Gasteiger partial charge in [-0.1, -0.05) is 18.1 Å². The summed E-state index contributed by atoms with van der Waals surface area (Å²) in [5.41, 5.74) is 0.698. The van der Waals surface area contributed by atoms with Gasteiger partial charge in [-0.05, 0) is 17.7 Å². The molecular formula is C11H10FNO. The van der Waals surface area contributed by atoms with E-state index in [-0.39, 0.29) is 11.7 Å². The van der Waals surface area contributed by atoms with E-state index in [9.17, 15) is 9.18 Å². The molecule has 0 aliphatic heterocycles. The highest BCUT2D eigenvalue weighted by molar-refractivity contribution is 5.74. The molecule has 0 radical (unpaired) electrons. The summed E-state index contributed by atoms with van der Waals surface area (Å²) in [7, 11) is 0. The summed E-state index contributed by atoms with van der Waals surface area (Å²) in [6.45, 7) is 1.38. The molecule has 0 spiro atoms. The minimum absolute atomic E-state index is 0.211. The minimum Gasteiger partial charge on any atom is -0.339 e. The van der Waals surface area contributed by atoms with Gasteiger partial charge < -0.3 is 5.32 Å². The Morgan fingerprint density at radius 1 is 1.50 bits per heavy atom. The largest absolute Gasteiger partial charge is 0.339 e. The smallest absolute Gasteiger partial charge is 0.218 e. The lowest BCUT2D eigenvalue weighted by Gasteiger charge is -2.11. The number of halogens is 1. The maximum atomic E-state index is 12.6. The van der Waals surface area contributed by atoms with Crippen LogP contribution in [-0.2, 0) is 4.79 Å². The fourth-order valence-electron chi connectivity index (χ4n) is 1.08. The number of nitrogens with one attached hydrogen (secondary N) is 1. The van der Waals surface area contributed by atoms with E-state index >= 15 is 0 Å². The lowest BCUT2D eigenvalue weighted by Crippen LogP contribution is -2.24. The van der Waals surface area contributed by atoms with Gasteiger partial charge in [-0.2, -0.15) is 0 Å². The van der Waals surface area contributed by atoms with Crippen LogP contribution in [0.15, 0.2) is 24.3 Å². The van der Waals surface area contributed by atoms with E-state index in [4.69, 9.17) is 6.42 Å². The molecule has 1 amide bonds. The summed E-state index contributed by atoms with van der Waals surface area (Å²) >= 11 is 0. The Balaban J connectivity index is 2.85. The molecule has 0 aliphatic rings. The van der Waals surface area contributed by atoms with Gasteiger partial charge in [0.2, 0.25) is 5.91 Å². The Hall–Kier alpha value is -1.82. The van der Waals surface area contributed by atoms with E-state index in [1.165, 1.54) is 19.1 Å². The van der Waals surface area contributed by atoms with Crippen molar-refractivity contribution >= 4 is 5.91 Å². The molecule has 0 heterocycles. The number of carbonyl (C=O) groups excluding carboxylic acids is 1. The van der Waals surface area contributed by atoms with Gasteiger partial charge in [0.05, 0.1) is 0 Å². The van der Waals surface area contributed by atoms with Crippen molar-refractivity contribution in [2.75, 3.05) is 0 Å². The zero-order valence-electron chi connectivity index (χ0n) is 7.75. The molecule has 0 unspecified atom stereocenters. The molecule has 72 valence electrons. The van der Waals surface area contributed by atoms with E-state index in [1.54, 1.807) is 12.1 Å². The third kappa shape index (κ3) is 2.60. The summed E-state index contributed by atoms with van der Waals surface area (Å²) in [4.78, 5) is 10.8. The van der Waals surface area contributed by atoms with Gasteiger partial charge in [0.25, 0.3) is 0 Å². The highest BCUT2D eigenvalue weighted by atomic mass is 19.1. The normalized spacial score (nSPS) is 11.5. The van der Waals surface area contributed by atoms with Crippen LogP contribution in [-0.4, -0.2) is 5.91 Å². The molecule has 0 aromatic heterocycles. The van der Waals surface area contributed by atoms with E-state index in [1.807, 2.05) is 0 Å². The van der Waals surface area contributed by atoms with Crippen molar-refractivity contribution in [2.24, 2.45) is 0 Å². The number of rotatable bonds is 2. The summed E-state index contributed by atoms with van der Waals surface area (Å²) in [5.74, 6) is 1.88. The second kappa shape index (κ2) is 4.43. The van der Waals surface area contributed by atoms with E-state index in [0.717, 1.165) is 0 Å². The lowest BCUT2D eigenvalue weighted by atomic mass is 10.1. The summed E-state index contributed by atoms with van der Waals surface area (Å²) in [5, 5.41) is 2.57. The highest BCUT2D eigenvalue weighted by Gasteiger charge is 2.08. The van der Waals surface area contributed by atoms with Crippen LogP contribution >= 0.6 is 0 Å². The number of hydrogen-bond acceptors (Lipinski definition) is 1. The third-order valence-corrected chi connectivity index (χ3v) is 1.72. The van der Waals surface area contributed by atoms with Gasteiger partial charge in [0.1, 0.15) is 11.9 Å². The van der Waals surface area contributed by atoms with Crippen LogP contribution in [0, 0.1) is 18.2 Å². The predicted molar refractivity (Wildman–Crippen MR) is 51.8 cm³/mol. The molecule has 1 atom stereocenters. The topological polar surface area (TPSA) is 29.1 Å². The highest BCUT2D eigenvalue weighted by Crippen LogP contribution is 2.12. The first-order valence-corrected chi connectivity index (χ1v) is 4.12. The van der Waals surface area contributed by atoms with Crippen LogP contribution in [0.1, 0.15) is 18.5 Å². The van der Waals surface area contributed by atoms with Gasteiger partial charge in [-0.3, -0.25) is 4.79 Å². The van der Waals surface area contributed by atoms with Crippen molar-refractivity contribution in [1.82, 2.24) is 5.32 Å². The molecule has 3 heteroatoms. The average Bonchev–Trinajstić information content (AvgIpc) is 2.15. The molecule has 0 aliphatic carbocycles. The standard InChI is InChI=1S/C11H10FNO/c1-3-11(13-8(2)14)9-4-6-10(12)7-5-9/h1,4-7,11H,2H3,(H,13,14)/t11-/m0/s1. The Bertz CT molecular complexity index is 364. The van der Waals surface area contributed by atoms with E-state index < -0.39 is 6.04 Å². The zero-order chi connectivity index (χ0) is 10.6. The SMILES string of the molecule is C#C[C@H](NC(C)=O)c1ccc(F)cc1. The maximum Gasteiger partial charge on any atom is 0.218 e. The van der Waals surface area contributed by atoms with Gasteiger partial charge in [-0.15, -0.1) is 6.42 Å². The van der Waals surface area contributed by atoms with Crippen LogP contribution in [0.3, 0.4) is 0 Å². The Morgan fingerprint density at radius 3 is 2.50 bits per heavy atom. The monoisotopic (exact) mass is 191 g/mol. The predicted octanol–water partition coefficient (Wildman–Crippen LogP) is 1.64. The molecule has 1 aromatic carbocycles. The van der Waals surface area contributed by atoms with Crippen LogP contribution in [0.4, 0.5) is 4.39 Å². The van der Waals surface area contributed by atoms with Crippen molar-refractivity contribution < 1.29 is 9.18 Å². The molecular weight excluding hydrogens is 181 g/mol. The number of benzene rings is 1. The van der Waals surface area contributed by atoms with Crippen LogP contribution in [0.25, 0.3) is 0 Å². The van der Waals surface area contributed by atoms with E-state index in [2.05, 4.69) is 11.2 Å². The van der Waals surface area contributed by atoms with Gasteiger partial charge in [0.15, 0.2) is 0 Å². The van der Waals surface area contributed by atoms with Crippen molar-refractivity contribution in [3.8, 4) is 12.3 Å². The number of hydrogen-bond donors (Lipinski definition) is 1. The Labute approximate surface area is 82.1 Å². The van der Waals surface area contributed by atoms with Crippen LogP contribution < -0.4 is 5.32 Å². The maximum absolute atomic E-state index is 12.6. The molecule has 0 fully saturated rings. The van der Waals surface area contributed by atoms with Crippen molar-refractivity contribution in [2.45, 2.75) is 13.0 Å². The number of carbonyl (C=O) groups is 1. The first-order chi connectivity index (χ1) is 6.63. The molecule has 0 bridgehead atoms. The van der Waals surface area contributed by atoms with Crippen LogP contribution in [0.2, 0.25) is 0 Å². The third-order valence-electron chi connectivity index (χ3n) is 1.72. The second-order valence-electron chi connectivity index (χ2n) is 2.85. The number of amides is 1. The Morgan fingerprint density at radius 2 is 2.07 bits per heavy atom. The van der Waals surface area contributed by atoms with Gasteiger partial charge >= 0.3 is 0 Å². The first kappa shape index (κ1) is 10.3. The van der Waals surface area contributed by atoms with Gasteiger partial charge in [0, 0.05) is 6.92 Å². The molecule has 0 saturated heterocycles. The van der Waals surface area contributed by atoms with Crippen LogP contribution in [0.5, 0.6) is 0 Å². The van der Waals surface area contributed by atoms with E-state index in [0.29, 0.717) is 5.56 Å². The fourth-order valence-corrected chi connectivity index (χ4v) is 1.08. The van der Waals surface area contributed by atoms with Gasteiger partial charge in [-0.25, -0.2) is 4.39 Å². The molecule has 1 aromatic rings. The lowest BCUT2D eigenvalue weighted by molar-refractivity contribution is -0.119. The molecule has 0 saturated carbocycles. The summed E-state index contributed by atoms with van der Waals surface area (Å²) in [6.07, 6.45) is 5.23. The summed E-state index contributed by atoms with van der Waals surface area (Å²) < 4.78 is 12.6. The fraction of sp³-hybridized carbons (Fsp3) is 0.182. The molecule has 2 nitrogen and oxygen atoms in total. The Kier molecular flexibility index (Phi) is 3.24. The molecule has 1 rings (SSSR count). The second-order valence-corrected chi connectivity index (χ2v) is 2.85. The zero-order valence-corrected chi connectivity index (χ0v) is 7.75. The number of terminal acetylenes is 1. The average molecular weight is 191 g/mol. The molecule has 14 heavy (non-hydrogen) atoms. The molecule has 1 N–H and O–H groups in total. The van der Waals surface area contributed by atoms with Crippen molar-refractivity contribution in [3.05, 3.63) is 35.6 Å². The van der Waals surface area contributed by atoms with Crippen molar-refractivity contribution in [3.63, 3.8) is 0 Å². The van der Waals surface area contributed by atoms with Crippen molar-refractivity contribution in [1.29, 1.82) is 0 Å². The first-order valence-electron chi connectivity index (χ1n) is 4.12.